The number of fused-ring (bicyclic) bond motifs is 1. The molecule has 3 saturated heterocycles. The van der Waals surface area contributed by atoms with Gasteiger partial charge in [0.05, 0.1) is 92.7 Å². The van der Waals surface area contributed by atoms with Crippen LogP contribution >= 0.6 is 11.3 Å². The molecule has 4 aromatic carbocycles. The number of hydrogen-bond acceptors (Lipinski definition) is 17. The van der Waals surface area contributed by atoms with E-state index in [0.717, 1.165) is 51.9 Å². The van der Waals surface area contributed by atoms with Gasteiger partial charge in [-0.3, -0.25) is 34.0 Å². The number of aromatic nitrogens is 3. The Bertz CT molecular complexity index is 3350. The third-order valence-corrected chi connectivity index (χ3v) is 17.0. The van der Waals surface area contributed by atoms with Crippen molar-refractivity contribution in [1.82, 2.24) is 40.9 Å². The molecule has 3 fully saturated rings. The first kappa shape index (κ1) is 66.9. The van der Waals surface area contributed by atoms with Crippen LogP contribution in [0.15, 0.2) is 84.4 Å². The first-order valence-electron chi connectivity index (χ1n) is 30.8. The number of anilines is 3. The molecule has 3 atom stereocenters. The average molecular weight is 1260 g/mol. The van der Waals surface area contributed by atoms with Crippen molar-refractivity contribution in [3.05, 3.63) is 124 Å². The second-order valence-corrected chi connectivity index (χ2v) is 24.7. The van der Waals surface area contributed by atoms with Gasteiger partial charge in [-0.2, -0.15) is 5.10 Å². The van der Waals surface area contributed by atoms with Gasteiger partial charge in [0.25, 0.3) is 5.91 Å². The second kappa shape index (κ2) is 32.5. The first-order chi connectivity index (χ1) is 43.4. The lowest BCUT2D eigenvalue weighted by atomic mass is 9.85. The van der Waals surface area contributed by atoms with E-state index in [4.69, 9.17) is 23.7 Å². The van der Waals surface area contributed by atoms with Gasteiger partial charge in [0.15, 0.2) is 5.82 Å². The van der Waals surface area contributed by atoms with Gasteiger partial charge in [-0.25, -0.2) is 13.8 Å². The Labute approximate surface area is 527 Å². The highest BCUT2D eigenvalue weighted by atomic mass is 32.1. The topological polar surface area (TPSA) is 263 Å². The summed E-state index contributed by atoms with van der Waals surface area (Å²) < 4.78 is 56.0. The summed E-state index contributed by atoms with van der Waals surface area (Å²) in [5, 5.41) is 33.9. The molecule has 9 rings (SSSR count). The molecule has 25 heteroatoms. The Morgan fingerprint density at radius 3 is 2.14 bits per heavy atom. The Morgan fingerprint density at radius 1 is 0.789 bits per heavy atom. The highest BCUT2D eigenvalue weighted by Gasteiger charge is 2.44. The maximum absolute atomic E-state index is 14.0. The molecule has 7 N–H and O–H groups in total. The van der Waals surface area contributed by atoms with Crippen molar-refractivity contribution >= 4 is 69.0 Å². The maximum Gasteiger partial charge on any atom is 0.258 e. The largest absolute Gasteiger partial charge is 0.391 e. The number of ether oxygens (including phenoxy) is 5. The predicted octanol–water partition coefficient (Wildman–Crippen LogP) is 6.21. The van der Waals surface area contributed by atoms with E-state index in [1.807, 2.05) is 93.9 Å². The zero-order chi connectivity index (χ0) is 63.6. The van der Waals surface area contributed by atoms with E-state index in [9.17, 15) is 37.9 Å². The fraction of sp³-hybridized carbons (Fsp3) is 0.492. The molecular formula is C65H83F2N11O11S. The zero-order valence-corrected chi connectivity index (χ0v) is 52.4. The number of β-amino-alcohol motifs (C(OH)–C–C–N with tert-alkyl or cyclic N) is 1. The molecule has 0 radical (unpaired) electrons. The van der Waals surface area contributed by atoms with Crippen molar-refractivity contribution in [3.8, 4) is 10.4 Å². The Hall–Kier alpha value is -7.49. The van der Waals surface area contributed by atoms with E-state index in [0.29, 0.717) is 119 Å². The number of aliphatic hydroxyl groups is 1. The highest BCUT2D eigenvalue weighted by Crippen LogP contribution is 2.32. The summed E-state index contributed by atoms with van der Waals surface area (Å²) >= 11 is 1.57. The molecule has 0 saturated carbocycles. The van der Waals surface area contributed by atoms with Crippen molar-refractivity contribution in [1.29, 1.82) is 0 Å². The Balaban J connectivity index is 0.606. The van der Waals surface area contributed by atoms with Gasteiger partial charge in [-0.05, 0) is 96.3 Å². The summed E-state index contributed by atoms with van der Waals surface area (Å²) in [6.07, 6.45) is 1.10. The number of hydrogen-bond donors (Lipinski definition) is 7. The lowest BCUT2D eigenvalue weighted by molar-refractivity contribution is -0.144. The molecule has 3 aliphatic rings. The van der Waals surface area contributed by atoms with Crippen molar-refractivity contribution in [3.63, 3.8) is 0 Å². The average Bonchev–Trinajstić information content (AvgIpc) is 1.59. The fourth-order valence-electron chi connectivity index (χ4n) is 11.1. The molecular weight excluding hydrogens is 1180 g/mol. The van der Waals surface area contributed by atoms with E-state index < -0.39 is 41.1 Å². The second-order valence-electron chi connectivity index (χ2n) is 23.9. The first-order valence-corrected chi connectivity index (χ1v) is 31.6. The van der Waals surface area contributed by atoms with Crippen molar-refractivity contribution in [2.45, 2.75) is 90.6 Å². The summed E-state index contributed by atoms with van der Waals surface area (Å²) in [5.41, 5.74) is 8.07. The van der Waals surface area contributed by atoms with Crippen LogP contribution < -0.4 is 31.5 Å². The number of aliphatic hydroxyl groups excluding tert-OH is 1. The SMILES string of the molecule is Cc1ncsc1-c1ccc(CNC(=O)[C@@H]2C[C@@H](O)CN2C(=O)[C@@H](NC(=O)CCOCCOCCOCCOCCNC(=O)CN2CCN(c3ccc(C(=O)Nc4n[nH]c5ccc(Cc6cc(F)cc(F)c6)cc45)c(NC4CCOCC4)c3)CC2)C(C)(C)C)cc1. The number of H-pyrrole nitrogens is 1. The quantitative estimate of drug-likeness (QED) is 0.0247. The number of rotatable bonds is 30. The van der Waals surface area contributed by atoms with E-state index >= 15 is 0 Å². The van der Waals surface area contributed by atoms with Crippen LogP contribution in [0.4, 0.5) is 26.0 Å². The van der Waals surface area contributed by atoms with Crippen LogP contribution in [0.5, 0.6) is 0 Å². The molecule has 0 bridgehead atoms. The molecule has 0 aliphatic carbocycles. The molecule has 2 aromatic heterocycles. The number of nitrogens with zero attached hydrogens (tertiary/aromatic N) is 5. The lowest BCUT2D eigenvalue weighted by Gasteiger charge is -2.36. The summed E-state index contributed by atoms with van der Waals surface area (Å²) in [7, 11) is 0. The number of piperazine rings is 1. The van der Waals surface area contributed by atoms with Gasteiger partial charge >= 0.3 is 0 Å². The van der Waals surface area contributed by atoms with Crippen molar-refractivity contribution < 1.29 is 61.5 Å². The minimum atomic E-state index is -0.949. The smallest absolute Gasteiger partial charge is 0.258 e. The van der Waals surface area contributed by atoms with Crippen LogP contribution in [0.1, 0.15) is 79.2 Å². The third-order valence-electron chi connectivity index (χ3n) is 16.0. The normalized spacial score (nSPS) is 16.9. The van der Waals surface area contributed by atoms with Crippen LogP contribution in [-0.2, 0) is 55.8 Å². The number of aryl methyl sites for hydroxylation is 1. The van der Waals surface area contributed by atoms with Crippen LogP contribution in [0.3, 0.4) is 0 Å². The number of thiazole rings is 1. The maximum atomic E-state index is 14.0. The van der Waals surface area contributed by atoms with Crippen LogP contribution in [-0.4, -0.2) is 196 Å². The van der Waals surface area contributed by atoms with Gasteiger partial charge in [-0.1, -0.05) is 51.1 Å². The summed E-state index contributed by atoms with van der Waals surface area (Å²) in [6, 6.07) is 20.9. The van der Waals surface area contributed by atoms with E-state index in [-0.39, 0.29) is 82.0 Å². The fourth-order valence-corrected chi connectivity index (χ4v) is 11.9. The minimum absolute atomic E-state index is 0.00604. The number of aromatic amines is 1. The Kier molecular flexibility index (Phi) is 24.2. The molecule has 0 unspecified atom stereocenters. The molecule has 22 nitrogen and oxygen atoms in total. The van der Waals surface area contributed by atoms with E-state index in [1.165, 1.54) is 17.0 Å². The van der Waals surface area contributed by atoms with Crippen LogP contribution in [0.25, 0.3) is 21.3 Å². The highest BCUT2D eigenvalue weighted by molar-refractivity contribution is 7.13. The summed E-state index contributed by atoms with van der Waals surface area (Å²) in [4.78, 5) is 78.6. The molecule has 5 heterocycles. The monoisotopic (exact) mass is 1260 g/mol. The number of likely N-dealkylation sites (tertiary alicyclic amines) is 1. The lowest BCUT2D eigenvalue weighted by Crippen LogP contribution is -2.57. The third kappa shape index (κ3) is 19.3. The Morgan fingerprint density at radius 2 is 1.47 bits per heavy atom. The molecule has 90 heavy (non-hydrogen) atoms. The minimum Gasteiger partial charge on any atom is -0.391 e. The molecule has 0 spiro atoms. The zero-order valence-electron chi connectivity index (χ0n) is 51.6. The number of carbonyl (C=O) groups excluding carboxylic acids is 5. The number of amides is 5. The van der Waals surface area contributed by atoms with Gasteiger partial charge < -0.3 is 65.2 Å². The van der Waals surface area contributed by atoms with E-state index in [2.05, 4.69) is 51.6 Å². The van der Waals surface area contributed by atoms with Gasteiger partial charge in [0.2, 0.25) is 23.6 Å². The van der Waals surface area contributed by atoms with Crippen LogP contribution in [0.2, 0.25) is 0 Å². The molecule has 3 aliphatic heterocycles. The van der Waals surface area contributed by atoms with E-state index in [1.54, 1.807) is 11.3 Å². The number of benzene rings is 4. The summed E-state index contributed by atoms with van der Waals surface area (Å²) in [5.74, 6) is -2.58. The van der Waals surface area contributed by atoms with Gasteiger partial charge in [0, 0.05) is 101 Å². The molecule has 6 aromatic rings. The van der Waals surface area contributed by atoms with Gasteiger partial charge in [0.1, 0.15) is 23.7 Å². The number of nitrogens with one attached hydrogen (secondary N) is 6. The van der Waals surface area contributed by atoms with Gasteiger partial charge in [-0.15, -0.1) is 11.3 Å². The molecule has 5 amide bonds. The standard InChI is InChI=1S/C65H83F2N11O11S/c1-42-59(90-41-70-42)46-8-5-43(6-9-46)38-69-63(83)56-37-51(79)39-78(56)64(84)60(65(2,3)4)72-57(80)15-23-86-25-27-88-29-30-89-28-26-87-24-16-68-58(81)40-76-17-19-77(20-18-76)50-10-11-52(55(36-50)71-49-13-21-85-22-14-49)62(82)73-61-53-34-44(7-12-54(53)74-75-61)31-45-32-47(66)35-48(67)33-45/h5-12,32-36,41,49,51,56,60,71,79H,13-31,37-40H2,1-4H3,(H,68,81)(H,69,83)(H,72,80)(H2,73,74,75,82)/t51-,56+,60-/m1/s1. The van der Waals surface area contributed by atoms with Crippen LogP contribution in [0, 0.1) is 24.0 Å². The van der Waals surface area contributed by atoms with Crippen molar-refractivity contribution in [2.75, 3.05) is 127 Å². The molecule has 484 valence electrons. The summed E-state index contributed by atoms with van der Waals surface area (Å²) in [6.45, 7) is 14.6. The van der Waals surface area contributed by atoms with Crippen molar-refractivity contribution in [2.24, 2.45) is 5.41 Å². The number of halogens is 2. The predicted molar refractivity (Wildman–Crippen MR) is 338 cm³/mol. The number of carbonyl (C=O) groups is 5.